The minimum Gasteiger partial charge on any atom is -0.469 e. The fourth-order valence-electron chi connectivity index (χ4n) is 3.24. The van der Waals surface area contributed by atoms with E-state index in [2.05, 4.69) is 38.2 Å². The Morgan fingerprint density at radius 3 is 3.19 bits per heavy atom. The summed E-state index contributed by atoms with van der Waals surface area (Å²) in [5.74, 6) is 3.58. The second-order valence-corrected chi connectivity index (χ2v) is 7.61. The van der Waals surface area contributed by atoms with Gasteiger partial charge in [0.05, 0.1) is 18.8 Å². The monoisotopic (exact) mass is 384 g/mol. The molecule has 142 valence electrons. The molecule has 0 radical (unpaired) electrons. The largest absolute Gasteiger partial charge is 0.469 e. The third-order valence-electron chi connectivity index (χ3n) is 4.51. The predicted molar refractivity (Wildman–Crippen MR) is 106 cm³/mol. The van der Waals surface area contributed by atoms with Gasteiger partial charge in [-0.25, -0.2) is 14.7 Å². The molecule has 0 saturated carbocycles. The first kappa shape index (κ1) is 17.8. The van der Waals surface area contributed by atoms with Gasteiger partial charge in [-0.3, -0.25) is 0 Å². The van der Waals surface area contributed by atoms with Crippen LogP contribution in [0.15, 0.2) is 45.3 Å². The number of guanidine groups is 1. The molecule has 3 aromatic rings. The van der Waals surface area contributed by atoms with Gasteiger partial charge < -0.3 is 15.1 Å². The van der Waals surface area contributed by atoms with E-state index in [0.29, 0.717) is 6.54 Å². The summed E-state index contributed by atoms with van der Waals surface area (Å²) in [5.41, 5.74) is 0. The fraction of sp³-hybridized carbons (Fsp3) is 0.421. The molecule has 1 aliphatic heterocycles. The lowest BCUT2D eigenvalue weighted by molar-refractivity contribution is 0.397. The molecule has 4 rings (SSSR count). The van der Waals surface area contributed by atoms with Gasteiger partial charge in [0, 0.05) is 24.4 Å². The van der Waals surface area contributed by atoms with E-state index in [1.165, 1.54) is 4.88 Å². The first-order valence-corrected chi connectivity index (χ1v) is 10.2. The summed E-state index contributed by atoms with van der Waals surface area (Å²) in [6.45, 7) is 4.28. The Labute approximate surface area is 162 Å². The predicted octanol–water partition coefficient (Wildman–Crippen LogP) is 3.05. The molecule has 0 fully saturated rings. The zero-order valence-corrected chi connectivity index (χ0v) is 16.2. The number of aliphatic imine (C=N–C) groups is 1. The number of furan rings is 1. The van der Waals surface area contributed by atoms with Gasteiger partial charge in [0.25, 0.3) is 0 Å². The number of nitrogens with zero attached hydrogens (tertiary/aromatic N) is 4. The van der Waals surface area contributed by atoms with E-state index in [-0.39, 0.29) is 6.04 Å². The Hall–Kier alpha value is -2.61. The molecule has 0 bridgehead atoms. The van der Waals surface area contributed by atoms with Crippen molar-refractivity contribution >= 4 is 17.3 Å². The van der Waals surface area contributed by atoms with Crippen molar-refractivity contribution in [2.45, 2.75) is 45.3 Å². The van der Waals surface area contributed by atoms with Crippen LogP contribution in [0.2, 0.25) is 0 Å². The Morgan fingerprint density at radius 1 is 1.41 bits per heavy atom. The first-order valence-electron chi connectivity index (χ1n) is 9.29. The SMILES string of the molecule is Cc1nc2n(n1)CCCC2NC(=NCc1cccs1)NCCc1ccco1. The molecule has 0 spiro atoms. The molecule has 27 heavy (non-hydrogen) atoms. The number of hydrogen-bond acceptors (Lipinski definition) is 5. The molecule has 1 unspecified atom stereocenters. The first-order chi connectivity index (χ1) is 13.3. The number of hydrogen-bond donors (Lipinski definition) is 2. The third kappa shape index (κ3) is 4.57. The van der Waals surface area contributed by atoms with Gasteiger partial charge in [-0.1, -0.05) is 6.07 Å². The summed E-state index contributed by atoms with van der Waals surface area (Å²) in [5, 5.41) is 13.6. The van der Waals surface area contributed by atoms with Crippen molar-refractivity contribution in [2.24, 2.45) is 4.99 Å². The molecule has 1 aliphatic rings. The lowest BCUT2D eigenvalue weighted by atomic mass is 10.1. The van der Waals surface area contributed by atoms with Crippen molar-refractivity contribution in [1.82, 2.24) is 25.4 Å². The maximum Gasteiger partial charge on any atom is 0.192 e. The average Bonchev–Trinajstić information content (AvgIpc) is 3.41. The third-order valence-corrected chi connectivity index (χ3v) is 5.37. The number of nitrogens with one attached hydrogen (secondary N) is 2. The maximum absolute atomic E-state index is 5.41. The van der Waals surface area contributed by atoms with E-state index in [9.17, 15) is 0 Å². The van der Waals surface area contributed by atoms with Gasteiger partial charge in [-0.15, -0.1) is 11.3 Å². The van der Waals surface area contributed by atoms with Crippen LogP contribution in [0.4, 0.5) is 0 Å². The highest BCUT2D eigenvalue weighted by atomic mass is 32.1. The summed E-state index contributed by atoms with van der Waals surface area (Å²) >= 11 is 1.72. The topological polar surface area (TPSA) is 80.3 Å². The maximum atomic E-state index is 5.41. The molecule has 8 heteroatoms. The molecular weight excluding hydrogens is 360 g/mol. The zero-order valence-electron chi connectivity index (χ0n) is 15.4. The van der Waals surface area contributed by atoms with Gasteiger partial charge >= 0.3 is 0 Å². The summed E-state index contributed by atoms with van der Waals surface area (Å²) in [7, 11) is 0. The van der Waals surface area contributed by atoms with Gasteiger partial charge in [0.2, 0.25) is 0 Å². The number of aryl methyl sites for hydroxylation is 2. The molecule has 4 heterocycles. The van der Waals surface area contributed by atoms with E-state index < -0.39 is 0 Å². The smallest absolute Gasteiger partial charge is 0.192 e. The summed E-state index contributed by atoms with van der Waals surface area (Å²) < 4.78 is 7.42. The van der Waals surface area contributed by atoms with Crippen molar-refractivity contribution in [3.05, 3.63) is 58.2 Å². The Kier molecular flexibility index (Phi) is 5.53. The average molecular weight is 385 g/mol. The van der Waals surface area contributed by atoms with E-state index in [1.54, 1.807) is 17.6 Å². The van der Waals surface area contributed by atoms with Gasteiger partial charge in [-0.05, 0) is 43.3 Å². The lowest BCUT2D eigenvalue weighted by Gasteiger charge is -2.25. The van der Waals surface area contributed by atoms with Crippen LogP contribution in [-0.2, 0) is 19.5 Å². The van der Waals surface area contributed by atoms with Crippen molar-refractivity contribution < 1.29 is 4.42 Å². The molecule has 0 aromatic carbocycles. The normalized spacial score (nSPS) is 16.9. The van der Waals surface area contributed by atoms with Crippen LogP contribution in [0.1, 0.15) is 41.2 Å². The Morgan fingerprint density at radius 2 is 2.37 bits per heavy atom. The van der Waals surface area contributed by atoms with Crippen LogP contribution in [0.5, 0.6) is 0 Å². The molecule has 1 atom stereocenters. The van der Waals surface area contributed by atoms with Crippen LogP contribution < -0.4 is 10.6 Å². The summed E-state index contributed by atoms with van der Waals surface area (Å²) in [6, 6.07) is 8.19. The van der Waals surface area contributed by atoms with Gasteiger partial charge in [-0.2, -0.15) is 5.10 Å². The van der Waals surface area contributed by atoms with Gasteiger partial charge in [0.15, 0.2) is 5.96 Å². The second-order valence-electron chi connectivity index (χ2n) is 6.58. The highest BCUT2D eigenvalue weighted by Gasteiger charge is 2.24. The van der Waals surface area contributed by atoms with E-state index >= 15 is 0 Å². The fourth-order valence-corrected chi connectivity index (χ4v) is 3.87. The van der Waals surface area contributed by atoms with Crippen LogP contribution >= 0.6 is 11.3 Å². The van der Waals surface area contributed by atoms with Gasteiger partial charge in [0.1, 0.15) is 17.4 Å². The summed E-state index contributed by atoms with van der Waals surface area (Å²) in [6.07, 6.45) is 4.62. The second kappa shape index (κ2) is 8.39. The van der Waals surface area contributed by atoms with Crippen LogP contribution in [0.25, 0.3) is 0 Å². The molecule has 7 nitrogen and oxygen atoms in total. The minimum absolute atomic E-state index is 0.123. The zero-order chi connectivity index (χ0) is 18.5. The quantitative estimate of drug-likeness (QED) is 0.504. The number of fused-ring (bicyclic) bond motifs is 1. The van der Waals surface area contributed by atoms with Crippen molar-refractivity contribution in [3.63, 3.8) is 0 Å². The van der Waals surface area contributed by atoms with Crippen LogP contribution in [-0.4, -0.2) is 27.3 Å². The van der Waals surface area contributed by atoms with E-state index in [0.717, 1.165) is 55.7 Å². The number of thiophene rings is 1. The van der Waals surface area contributed by atoms with E-state index in [1.807, 2.05) is 23.7 Å². The molecule has 0 saturated heterocycles. The molecule has 3 aromatic heterocycles. The highest BCUT2D eigenvalue weighted by molar-refractivity contribution is 7.09. The Bertz CT molecular complexity index is 868. The minimum atomic E-state index is 0.123. The summed E-state index contributed by atoms with van der Waals surface area (Å²) in [4.78, 5) is 10.6. The van der Waals surface area contributed by atoms with Crippen molar-refractivity contribution in [2.75, 3.05) is 6.54 Å². The van der Waals surface area contributed by atoms with Crippen molar-refractivity contribution in [1.29, 1.82) is 0 Å². The van der Waals surface area contributed by atoms with Crippen LogP contribution in [0.3, 0.4) is 0 Å². The number of rotatable bonds is 6. The lowest BCUT2D eigenvalue weighted by Crippen LogP contribution is -2.42. The highest BCUT2D eigenvalue weighted by Crippen LogP contribution is 2.23. The van der Waals surface area contributed by atoms with E-state index in [4.69, 9.17) is 9.41 Å². The molecule has 0 amide bonds. The number of aromatic nitrogens is 3. The molecule has 2 N–H and O–H groups in total. The molecule has 0 aliphatic carbocycles. The van der Waals surface area contributed by atoms with Crippen LogP contribution in [0, 0.1) is 6.92 Å². The standard InChI is InChI=1S/C19H24N6OS/c1-14-22-18-17(7-2-10-25(18)24-14)23-19(21-13-16-6-4-12-27-16)20-9-8-15-5-3-11-26-15/h3-6,11-12,17H,2,7-10,13H2,1H3,(H2,20,21,23). The molecular formula is C19H24N6OS. The van der Waals surface area contributed by atoms with Crippen molar-refractivity contribution in [3.8, 4) is 0 Å². The Balaban J connectivity index is 1.44.